The fourth-order valence-corrected chi connectivity index (χ4v) is 3.27. The van der Waals surface area contributed by atoms with Crippen LogP contribution in [-0.2, 0) is 4.79 Å². The molecule has 3 heteroatoms. The van der Waals surface area contributed by atoms with Crippen LogP contribution >= 0.6 is 0 Å². The molecule has 0 aromatic heterocycles. The van der Waals surface area contributed by atoms with Gasteiger partial charge in [0.1, 0.15) is 0 Å². The molecular weight excluding hydrogens is 344 g/mol. The van der Waals surface area contributed by atoms with Gasteiger partial charge in [-0.2, -0.15) is 0 Å². The van der Waals surface area contributed by atoms with Gasteiger partial charge in [0.15, 0.2) is 0 Å². The zero-order chi connectivity index (χ0) is 20.3. The standard InChI is InChI=1S/C25H42N2O/c1-3-4-5-6-7-8-9-10-11-12-13-14-15-16-17-22-25(28)27-26-24-21-19-18-20-23(24)2/h10-11,18-21,26H,3-9,12-17,22H2,1-2H3,(H,27,28). The maximum atomic E-state index is 11.9. The molecule has 2 N–H and O–H groups in total. The maximum absolute atomic E-state index is 11.9. The number of allylic oxidation sites excluding steroid dienone is 2. The van der Waals surface area contributed by atoms with E-state index >= 15 is 0 Å². The SMILES string of the molecule is CCCCCCCCC=CCCCCCCCC(=O)NNc1ccccc1C. The van der Waals surface area contributed by atoms with Crippen LogP contribution in [0.5, 0.6) is 0 Å². The van der Waals surface area contributed by atoms with Crippen LogP contribution in [0.25, 0.3) is 0 Å². The predicted octanol–water partition coefficient (Wildman–Crippen LogP) is 7.48. The molecule has 0 bridgehead atoms. The summed E-state index contributed by atoms with van der Waals surface area (Å²) in [5, 5.41) is 0. The third kappa shape index (κ3) is 13.4. The Balaban J connectivity index is 1.86. The molecule has 0 fully saturated rings. The molecule has 0 spiro atoms. The average Bonchev–Trinajstić information content (AvgIpc) is 2.70. The smallest absolute Gasteiger partial charge is 0.238 e. The number of nitrogens with one attached hydrogen (secondary N) is 2. The van der Waals surface area contributed by atoms with E-state index in [9.17, 15) is 4.79 Å². The maximum Gasteiger partial charge on any atom is 0.238 e. The third-order valence-corrected chi connectivity index (χ3v) is 5.15. The topological polar surface area (TPSA) is 41.1 Å². The van der Waals surface area contributed by atoms with Gasteiger partial charge in [0.2, 0.25) is 5.91 Å². The van der Waals surface area contributed by atoms with Gasteiger partial charge in [-0.15, -0.1) is 0 Å². The summed E-state index contributed by atoms with van der Waals surface area (Å²) in [6.07, 6.45) is 21.9. The van der Waals surface area contributed by atoms with Crippen molar-refractivity contribution >= 4 is 11.6 Å². The number of para-hydroxylation sites is 1. The van der Waals surface area contributed by atoms with Gasteiger partial charge in [0.25, 0.3) is 0 Å². The number of hydrogen-bond donors (Lipinski definition) is 2. The van der Waals surface area contributed by atoms with Crippen molar-refractivity contribution in [1.82, 2.24) is 5.43 Å². The summed E-state index contributed by atoms with van der Waals surface area (Å²) in [7, 11) is 0. The number of aryl methyl sites for hydroxylation is 1. The van der Waals surface area contributed by atoms with Crippen LogP contribution in [0, 0.1) is 6.92 Å². The second kappa shape index (κ2) is 17.3. The van der Waals surface area contributed by atoms with E-state index in [2.05, 4.69) is 29.9 Å². The highest BCUT2D eigenvalue weighted by atomic mass is 16.2. The number of carbonyl (C=O) groups is 1. The summed E-state index contributed by atoms with van der Waals surface area (Å²) < 4.78 is 0. The number of anilines is 1. The van der Waals surface area contributed by atoms with Crippen LogP contribution in [0.15, 0.2) is 36.4 Å². The Hall–Kier alpha value is -1.77. The van der Waals surface area contributed by atoms with Crippen LogP contribution in [0.1, 0.15) is 102 Å². The Bertz CT molecular complexity index is 539. The van der Waals surface area contributed by atoms with Gasteiger partial charge >= 0.3 is 0 Å². The molecule has 0 radical (unpaired) electrons. The molecule has 1 rings (SSSR count). The van der Waals surface area contributed by atoms with Crippen molar-refractivity contribution in [3.63, 3.8) is 0 Å². The normalized spacial score (nSPS) is 11.1. The molecule has 0 atom stereocenters. The monoisotopic (exact) mass is 386 g/mol. The Morgan fingerprint density at radius 1 is 0.821 bits per heavy atom. The highest BCUT2D eigenvalue weighted by Crippen LogP contribution is 2.12. The van der Waals surface area contributed by atoms with Crippen molar-refractivity contribution in [3.05, 3.63) is 42.0 Å². The first-order valence-corrected chi connectivity index (χ1v) is 11.5. The molecule has 158 valence electrons. The van der Waals surface area contributed by atoms with Gasteiger partial charge in [-0.25, -0.2) is 0 Å². The lowest BCUT2D eigenvalue weighted by molar-refractivity contribution is -0.120. The highest BCUT2D eigenvalue weighted by Gasteiger charge is 2.01. The van der Waals surface area contributed by atoms with Gasteiger partial charge < -0.3 is 0 Å². The van der Waals surface area contributed by atoms with Crippen molar-refractivity contribution in [2.75, 3.05) is 5.43 Å². The molecule has 0 aliphatic rings. The minimum Gasteiger partial charge on any atom is -0.298 e. The van der Waals surface area contributed by atoms with Crippen LogP contribution in [-0.4, -0.2) is 5.91 Å². The number of rotatable bonds is 17. The van der Waals surface area contributed by atoms with E-state index in [0.29, 0.717) is 6.42 Å². The molecule has 0 saturated heterocycles. The van der Waals surface area contributed by atoms with Gasteiger partial charge in [-0.05, 0) is 50.7 Å². The minimum atomic E-state index is 0.0703. The lowest BCUT2D eigenvalue weighted by atomic mass is 10.1. The second-order valence-electron chi connectivity index (χ2n) is 7.82. The minimum absolute atomic E-state index is 0.0703. The Kier molecular flexibility index (Phi) is 15.0. The summed E-state index contributed by atoms with van der Waals surface area (Å²) in [6.45, 7) is 4.29. The van der Waals surface area contributed by atoms with E-state index in [1.807, 2.05) is 31.2 Å². The molecule has 28 heavy (non-hydrogen) atoms. The molecular formula is C25H42N2O. The molecule has 0 saturated carbocycles. The number of carbonyl (C=O) groups excluding carboxylic acids is 1. The van der Waals surface area contributed by atoms with Crippen molar-refractivity contribution in [3.8, 4) is 0 Å². The fraction of sp³-hybridized carbons (Fsp3) is 0.640. The lowest BCUT2D eigenvalue weighted by Gasteiger charge is -2.10. The quantitative estimate of drug-likeness (QED) is 0.165. The zero-order valence-corrected chi connectivity index (χ0v) is 18.3. The zero-order valence-electron chi connectivity index (χ0n) is 18.3. The van der Waals surface area contributed by atoms with Crippen LogP contribution in [0.3, 0.4) is 0 Å². The van der Waals surface area contributed by atoms with E-state index in [0.717, 1.165) is 24.1 Å². The van der Waals surface area contributed by atoms with E-state index in [1.54, 1.807) is 0 Å². The van der Waals surface area contributed by atoms with Gasteiger partial charge in [0, 0.05) is 6.42 Å². The summed E-state index contributed by atoms with van der Waals surface area (Å²) in [5.74, 6) is 0.0703. The third-order valence-electron chi connectivity index (χ3n) is 5.15. The average molecular weight is 387 g/mol. The summed E-state index contributed by atoms with van der Waals surface area (Å²) in [5.41, 5.74) is 7.89. The van der Waals surface area contributed by atoms with Crippen molar-refractivity contribution in [2.24, 2.45) is 0 Å². The summed E-state index contributed by atoms with van der Waals surface area (Å²) in [4.78, 5) is 11.9. The first kappa shape index (κ1) is 24.3. The van der Waals surface area contributed by atoms with Gasteiger partial charge in [-0.1, -0.05) is 88.6 Å². The number of hydrogen-bond acceptors (Lipinski definition) is 2. The van der Waals surface area contributed by atoms with E-state index in [-0.39, 0.29) is 5.91 Å². The van der Waals surface area contributed by atoms with Crippen LogP contribution < -0.4 is 10.9 Å². The van der Waals surface area contributed by atoms with Crippen molar-refractivity contribution in [1.29, 1.82) is 0 Å². The Morgan fingerprint density at radius 2 is 1.39 bits per heavy atom. The van der Waals surface area contributed by atoms with E-state index in [4.69, 9.17) is 0 Å². The Morgan fingerprint density at radius 3 is 2.04 bits per heavy atom. The molecule has 1 aromatic rings. The molecule has 3 nitrogen and oxygen atoms in total. The molecule has 1 amide bonds. The first-order chi connectivity index (χ1) is 13.7. The van der Waals surface area contributed by atoms with Crippen LogP contribution in [0.4, 0.5) is 5.69 Å². The number of amides is 1. The van der Waals surface area contributed by atoms with Crippen molar-refractivity contribution in [2.45, 2.75) is 104 Å². The molecule has 0 heterocycles. The van der Waals surface area contributed by atoms with Gasteiger partial charge in [0.05, 0.1) is 5.69 Å². The Labute approximate surface area is 173 Å². The molecule has 1 aromatic carbocycles. The number of benzene rings is 1. The van der Waals surface area contributed by atoms with E-state index in [1.165, 1.54) is 70.6 Å². The fourth-order valence-electron chi connectivity index (χ4n) is 3.27. The largest absolute Gasteiger partial charge is 0.298 e. The van der Waals surface area contributed by atoms with Gasteiger partial charge in [-0.3, -0.25) is 15.6 Å². The summed E-state index contributed by atoms with van der Waals surface area (Å²) in [6, 6.07) is 7.95. The molecule has 0 unspecified atom stereocenters. The van der Waals surface area contributed by atoms with Crippen molar-refractivity contribution < 1.29 is 4.79 Å². The van der Waals surface area contributed by atoms with E-state index < -0.39 is 0 Å². The highest BCUT2D eigenvalue weighted by molar-refractivity contribution is 5.77. The molecule has 0 aliphatic carbocycles. The molecule has 0 aliphatic heterocycles. The number of unbranched alkanes of at least 4 members (excludes halogenated alkanes) is 11. The predicted molar refractivity (Wildman–Crippen MR) is 122 cm³/mol. The second-order valence-corrected chi connectivity index (χ2v) is 7.82. The first-order valence-electron chi connectivity index (χ1n) is 11.5. The lowest BCUT2D eigenvalue weighted by Crippen LogP contribution is -2.29. The number of hydrazine groups is 1. The summed E-state index contributed by atoms with van der Waals surface area (Å²) >= 11 is 0. The van der Waals surface area contributed by atoms with Crippen LogP contribution in [0.2, 0.25) is 0 Å².